The van der Waals surface area contributed by atoms with Crippen molar-refractivity contribution in [2.45, 2.75) is 19.9 Å². The molecule has 0 aliphatic heterocycles. The molecule has 0 aliphatic rings. The van der Waals surface area contributed by atoms with E-state index in [4.69, 9.17) is 9.84 Å². The van der Waals surface area contributed by atoms with Crippen molar-refractivity contribution in [3.63, 3.8) is 0 Å². The van der Waals surface area contributed by atoms with Crippen LogP contribution < -0.4 is 15.0 Å². The standard InChI is InChI=1S/C19H26N2O2/c1-4-23-19-7-5-6-16(14-19)15(2)20-17-8-10-18(11-9-17)21(3)12-13-22/h5-11,14-15,20,22H,4,12-13H2,1-3H3. The molecule has 4 nitrogen and oxygen atoms in total. The van der Waals surface area contributed by atoms with Crippen molar-refractivity contribution in [1.82, 2.24) is 0 Å². The van der Waals surface area contributed by atoms with Crippen LogP contribution in [0.3, 0.4) is 0 Å². The predicted molar refractivity (Wildman–Crippen MR) is 96.4 cm³/mol. The third-order valence-electron chi connectivity index (χ3n) is 3.80. The Kier molecular flexibility index (Phi) is 6.29. The van der Waals surface area contributed by atoms with E-state index in [1.165, 1.54) is 5.56 Å². The lowest BCUT2D eigenvalue weighted by atomic mass is 10.1. The molecule has 0 radical (unpaired) electrons. The van der Waals surface area contributed by atoms with Crippen molar-refractivity contribution in [2.75, 3.05) is 37.0 Å². The van der Waals surface area contributed by atoms with Gasteiger partial charge >= 0.3 is 0 Å². The highest BCUT2D eigenvalue weighted by Gasteiger charge is 2.07. The molecule has 0 aromatic heterocycles. The Hall–Kier alpha value is -2.20. The van der Waals surface area contributed by atoms with Gasteiger partial charge in [-0.15, -0.1) is 0 Å². The van der Waals surface area contributed by atoms with Gasteiger partial charge in [-0.05, 0) is 55.8 Å². The second-order valence-electron chi connectivity index (χ2n) is 5.56. The summed E-state index contributed by atoms with van der Waals surface area (Å²) in [4.78, 5) is 2.03. The molecule has 0 fully saturated rings. The Balaban J connectivity index is 2.02. The average Bonchev–Trinajstić information content (AvgIpc) is 2.56. The van der Waals surface area contributed by atoms with Crippen molar-refractivity contribution in [3.8, 4) is 5.75 Å². The van der Waals surface area contributed by atoms with Crippen LogP contribution in [0, 0.1) is 0 Å². The maximum atomic E-state index is 8.99. The lowest BCUT2D eigenvalue weighted by Crippen LogP contribution is -2.20. The molecule has 2 aromatic rings. The third-order valence-corrected chi connectivity index (χ3v) is 3.80. The number of aliphatic hydroxyl groups excluding tert-OH is 1. The van der Waals surface area contributed by atoms with Gasteiger partial charge in [-0.2, -0.15) is 0 Å². The van der Waals surface area contributed by atoms with Crippen molar-refractivity contribution >= 4 is 11.4 Å². The Morgan fingerprint density at radius 1 is 1.17 bits per heavy atom. The van der Waals surface area contributed by atoms with Gasteiger partial charge in [-0.25, -0.2) is 0 Å². The number of anilines is 2. The first kappa shape index (κ1) is 17.2. The highest BCUT2D eigenvalue weighted by atomic mass is 16.5. The quantitative estimate of drug-likeness (QED) is 0.780. The Bertz CT molecular complexity index is 599. The summed E-state index contributed by atoms with van der Waals surface area (Å²) in [7, 11) is 1.97. The van der Waals surface area contributed by atoms with Crippen molar-refractivity contribution in [2.24, 2.45) is 0 Å². The van der Waals surface area contributed by atoms with Crippen LogP contribution in [0.25, 0.3) is 0 Å². The zero-order valence-corrected chi connectivity index (χ0v) is 14.1. The molecule has 1 unspecified atom stereocenters. The minimum Gasteiger partial charge on any atom is -0.494 e. The van der Waals surface area contributed by atoms with E-state index in [9.17, 15) is 0 Å². The fraction of sp³-hybridized carbons (Fsp3) is 0.368. The maximum Gasteiger partial charge on any atom is 0.119 e. The smallest absolute Gasteiger partial charge is 0.119 e. The minimum absolute atomic E-state index is 0.156. The number of rotatable bonds is 8. The van der Waals surface area contributed by atoms with Crippen LogP contribution >= 0.6 is 0 Å². The van der Waals surface area contributed by atoms with Gasteiger partial charge in [0.25, 0.3) is 0 Å². The third kappa shape index (κ3) is 4.89. The molecule has 0 bridgehead atoms. The predicted octanol–water partition coefficient (Wildman–Crippen LogP) is 3.69. The molecular formula is C19H26N2O2. The summed E-state index contributed by atoms with van der Waals surface area (Å²) >= 11 is 0. The molecule has 0 saturated heterocycles. The Morgan fingerprint density at radius 2 is 1.91 bits per heavy atom. The molecule has 0 aliphatic carbocycles. The summed E-state index contributed by atoms with van der Waals surface area (Å²) in [6.07, 6.45) is 0. The van der Waals surface area contributed by atoms with Gasteiger partial charge < -0.3 is 20.1 Å². The lowest BCUT2D eigenvalue weighted by Gasteiger charge is -2.20. The second-order valence-corrected chi connectivity index (χ2v) is 5.56. The number of ether oxygens (including phenoxy) is 1. The van der Waals surface area contributed by atoms with E-state index in [1.807, 2.05) is 31.0 Å². The largest absolute Gasteiger partial charge is 0.494 e. The molecule has 0 spiro atoms. The summed E-state index contributed by atoms with van der Waals surface area (Å²) in [6, 6.07) is 16.6. The molecule has 0 amide bonds. The first-order chi connectivity index (χ1) is 11.1. The second kappa shape index (κ2) is 8.44. The molecule has 2 N–H and O–H groups in total. The van der Waals surface area contributed by atoms with Crippen LogP contribution in [0.1, 0.15) is 25.5 Å². The zero-order chi connectivity index (χ0) is 16.7. The number of likely N-dealkylation sites (N-methyl/N-ethyl adjacent to an activating group) is 1. The summed E-state index contributed by atoms with van der Waals surface area (Å²) in [6.45, 7) is 5.59. The van der Waals surface area contributed by atoms with E-state index in [2.05, 4.69) is 48.6 Å². The normalized spacial score (nSPS) is 11.8. The first-order valence-corrected chi connectivity index (χ1v) is 8.05. The summed E-state index contributed by atoms with van der Waals surface area (Å²) in [5.74, 6) is 0.902. The molecule has 1 atom stereocenters. The molecule has 124 valence electrons. The van der Waals surface area contributed by atoms with Gasteiger partial charge in [0.15, 0.2) is 0 Å². The summed E-state index contributed by atoms with van der Waals surface area (Å²) in [5.41, 5.74) is 3.36. The molecular weight excluding hydrogens is 288 g/mol. The highest BCUT2D eigenvalue weighted by molar-refractivity contribution is 5.55. The van der Waals surface area contributed by atoms with E-state index in [-0.39, 0.29) is 12.6 Å². The maximum absolute atomic E-state index is 8.99. The van der Waals surface area contributed by atoms with Gasteiger partial charge in [-0.1, -0.05) is 12.1 Å². The van der Waals surface area contributed by atoms with Crippen molar-refractivity contribution in [3.05, 3.63) is 54.1 Å². The fourth-order valence-corrected chi connectivity index (χ4v) is 2.46. The van der Waals surface area contributed by atoms with E-state index in [0.29, 0.717) is 13.2 Å². The van der Waals surface area contributed by atoms with E-state index < -0.39 is 0 Å². The van der Waals surface area contributed by atoms with Gasteiger partial charge in [0.05, 0.1) is 13.2 Å². The van der Waals surface area contributed by atoms with Crippen LogP contribution in [0.2, 0.25) is 0 Å². The molecule has 2 aromatic carbocycles. The zero-order valence-electron chi connectivity index (χ0n) is 14.1. The fourth-order valence-electron chi connectivity index (χ4n) is 2.46. The van der Waals surface area contributed by atoms with Gasteiger partial charge in [-0.3, -0.25) is 0 Å². The van der Waals surface area contributed by atoms with Crippen LogP contribution in [-0.4, -0.2) is 31.9 Å². The molecule has 0 heterocycles. The van der Waals surface area contributed by atoms with Crippen LogP contribution in [-0.2, 0) is 0 Å². The molecule has 0 saturated carbocycles. The monoisotopic (exact) mass is 314 g/mol. The lowest BCUT2D eigenvalue weighted by molar-refractivity contribution is 0.304. The number of aliphatic hydroxyl groups is 1. The number of hydrogen-bond donors (Lipinski definition) is 2. The SMILES string of the molecule is CCOc1cccc(C(C)Nc2ccc(N(C)CCO)cc2)c1. The molecule has 4 heteroatoms. The number of benzene rings is 2. The minimum atomic E-state index is 0.156. The van der Waals surface area contributed by atoms with E-state index >= 15 is 0 Å². The summed E-state index contributed by atoms with van der Waals surface area (Å²) < 4.78 is 5.56. The van der Waals surface area contributed by atoms with Crippen LogP contribution in [0.4, 0.5) is 11.4 Å². The number of nitrogens with zero attached hydrogens (tertiary/aromatic N) is 1. The van der Waals surface area contributed by atoms with Crippen molar-refractivity contribution < 1.29 is 9.84 Å². The van der Waals surface area contributed by atoms with Gasteiger partial charge in [0, 0.05) is 31.0 Å². The molecule has 23 heavy (non-hydrogen) atoms. The first-order valence-electron chi connectivity index (χ1n) is 8.05. The Morgan fingerprint density at radius 3 is 2.57 bits per heavy atom. The number of hydrogen-bond acceptors (Lipinski definition) is 4. The van der Waals surface area contributed by atoms with Crippen LogP contribution in [0.15, 0.2) is 48.5 Å². The van der Waals surface area contributed by atoms with E-state index in [1.54, 1.807) is 0 Å². The van der Waals surface area contributed by atoms with Gasteiger partial charge in [0.1, 0.15) is 5.75 Å². The molecule has 2 rings (SSSR count). The average molecular weight is 314 g/mol. The number of nitrogens with one attached hydrogen (secondary N) is 1. The van der Waals surface area contributed by atoms with Crippen molar-refractivity contribution in [1.29, 1.82) is 0 Å². The topological polar surface area (TPSA) is 44.7 Å². The van der Waals surface area contributed by atoms with Crippen LogP contribution in [0.5, 0.6) is 5.75 Å². The van der Waals surface area contributed by atoms with E-state index in [0.717, 1.165) is 17.1 Å². The Labute approximate surface area is 138 Å². The van der Waals surface area contributed by atoms with Gasteiger partial charge in [0.2, 0.25) is 0 Å². The summed E-state index contributed by atoms with van der Waals surface area (Å²) in [5, 5.41) is 12.5. The highest BCUT2D eigenvalue weighted by Crippen LogP contribution is 2.24.